The van der Waals surface area contributed by atoms with E-state index in [0.29, 0.717) is 4.88 Å². The minimum atomic E-state index is -0.735. The largest absolute Gasteiger partial charge is 0.486 e. The van der Waals surface area contributed by atoms with Crippen LogP contribution >= 0.6 is 11.3 Å². The van der Waals surface area contributed by atoms with Gasteiger partial charge in [-0.1, -0.05) is 25.7 Å². The minimum Gasteiger partial charge on any atom is -0.486 e. The number of hydrogen-bond acceptors (Lipinski definition) is 3. The number of halogens is 2. The molecule has 1 N–H and O–H groups in total. The summed E-state index contributed by atoms with van der Waals surface area (Å²) in [5.74, 6) is -1.44. The van der Waals surface area contributed by atoms with Gasteiger partial charge in [-0.25, -0.2) is 8.78 Å². The zero-order chi connectivity index (χ0) is 17.6. The van der Waals surface area contributed by atoms with E-state index in [1.165, 1.54) is 30.2 Å². The van der Waals surface area contributed by atoms with Crippen molar-refractivity contribution < 1.29 is 18.3 Å². The van der Waals surface area contributed by atoms with Gasteiger partial charge in [-0.15, -0.1) is 11.3 Å². The van der Waals surface area contributed by atoms with E-state index in [9.17, 15) is 13.6 Å². The Bertz CT molecular complexity index is 724. The molecule has 1 heterocycles. The predicted molar refractivity (Wildman–Crippen MR) is 94.0 cm³/mol. The van der Waals surface area contributed by atoms with Crippen molar-refractivity contribution in [3.05, 3.63) is 51.7 Å². The molecule has 25 heavy (non-hydrogen) atoms. The molecule has 0 bridgehead atoms. The van der Waals surface area contributed by atoms with Gasteiger partial charge in [0.2, 0.25) is 0 Å². The first kappa shape index (κ1) is 17.9. The molecule has 1 aliphatic rings. The Morgan fingerprint density at radius 3 is 2.64 bits per heavy atom. The number of hydrogen-bond donors (Lipinski definition) is 1. The van der Waals surface area contributed by atoms with Crippen LogP contribution in [0.4, 0.5) is 8.78 Å². The van der Waals surface area contributed by atoms with E-state index >= 15 is 0 Å². The third-order valence-electron chi connectivity index (χ3n) is 4.36. The Morgan fingerprint density at radius 1 is 1.16 bits per heavy atom. The van der Waals surface area contributed by atoms with E-state index in [4.69, 9.17) is 4.74 Å². The van der Waals surface area contributed by atoms with Crippen molar-refractivity contribution in [3.63, 3.8) is 0 Å². The highest BCUT2D eigenvalue weighted by molar-refractivity contribution is 7.12. The molecule has 0 saturated heterocycles. The molecule has 0 aliphatic heterocycles. The van der Waals surface area contributed by atoms with Crippen molar-refractivity contribution >= 4 is 17.2 Å². The van der Waals surface area contributed by atoms with E-state index in [-0.39, 0.29) is 24.3 Å². The van der Waals surface area contributed by atoms with Crippen molar-refractivity contribution in [2.24, 2.45) is 0 Å². The number of nitrogens with one attached hydrogen (secondary N) is 1. The molecular weight excluding hydrogens is 344 g/mol. The number of benzene rings is 1. The fraction of sp³-hybridized carbons (Fsp3) is 0.421. The van der Waals surface area contributed by atoms with Crippen LogP contribution < -0.4 is 10.1 Å². The highest BCUT2D eigenvalue weighted by atomic mass is 32.1. The topological polar surface area (TPSA) is 38.3 Å². The standard InChI is InChI=1S/C19H21F2NO2S/c20-14-7-8-17(16(21)10-14)24-11-13-9-18(25-12-13)19(23)22-15-5-3-1-2-4-6-15/h7-10,12,15H,1-6,11H2,(H,22,23). The van der Waals surface area contributed by atoms with Gasteiger partial charge in [0, 0.05) is 17.7 Å². The van der Waals surface area contributed by atoms with Gasteiger partial charge in [0.1, 0.15) is 12.4 Å². The van der Waals surface area contributed by atoms with E-state index in [1.54, 1.807) is 6.07 Å². The molecule has 6 heteroatoms. The summed E-state index contributed by atoms with van der Waals surface area (Å²) in [5, 5.41) is 4.93. The number of rotatable bonds is 5. The van der Waals surface area contributed by atoms with Gasteiger partial charge in [0.15, 0.2) is 11.6 Å². The zero-order valence-electron chi connectivity index (χ0n) is 13.9. The van der Waals surface area contributed by atoms with Crippen LogP contribution in [0.3, 0.4) is 0 Å². The number of carbonyl (C=O) groups is 1. The smallest absolute Gasteiger partial charge is 0.261 e. The number of carbonyl (C=O) groups excluding carboxylic acids is 1. The van der Waals surface area contributed by atoms with Gasteiger partial charge in [0.05, 0.1) is 4.88 Å². The Labute approximate surface area is 150 Å². The summed E-state index contributed by atoms with van der Waals surface area (Å²) in [6.07, 6.45) is 6.89. The molecule has 0 unspecified atom stereocenters. The number of ether oxygens (including phenoxy) is 1. The van der Waals surface area contributed by atoms with Crippen LogP contribution in [0, 0.1) is 11.6 Å². The Morgan fingerprint density at radius 2 is 1.92 bits per heavy atom. The molecule has 2 aromatic rings. The highest BCUT2D eigenvalue weighted by Gasteiger charge is 2.17. The monoisotopic (exact) mass is 365 g/mol. The summed E-state index contributed by atoms with van der Waals surface area (Å²) in [7, 11) is 0. The van der Waals surface area contributed by atoms with Crippen molar-refractivity contribution in [3.8, 4) is 5.75 Å². The minimum absolute atomic E-state index is 0.00272. The molecule has 3 rings (SSSR count). The first-order valence-electron chi connectivity index (χ1n) is 8.58. The normalized spacial score (nSPS) is 15.6. The first-order chi connectivity index (χ1) is 12.1. The van der Waals surface area contributed by atoms with Crippen molar-refractivity contribution in [1.82, 2.24) is 5.32 Å². The second-order valence-electron chi connectivity index (χ2n) is 6.34. The van der Waals surface area contributed by atoms with Gasteiger partial charge >= 0.3 is 0 Å². The van der Waals surface area contributed by atoms with Gasteiger partial charge in [-0.2, -0.15) is 0 Å². The molecular formula is C19H21F2NO2S. The summed E-state index contributed by atoms with van der Waals surface area (Å²) in [6.45, 7) is 0.135. The van der Waals surface area contributed by atoms with Crippen LogP contribution in [0.1, 0.15) is 53.8 Å². The van der Waals surface area contributed by atoms with Gasteiger partial charge in [-0.3, -0.25) is 4.79 Å². The van der Waals surface area contributed by atoms with Crippen LogP contribution in [0.15, 0.2) is 29.6 Å². The molecule has 1 amide bonds. The maximum Gasteiger partial charge on any atom is 0.261 e. The fourth-order valence-corrected chi connectivity index (χ4v) is 3.80. The van der Waals surface area contributed by atoms with Gasteiger partial charge in [-0.05, 0) is 36.4 Å². The van der Waals surface area contributed by atoms with Crippen molar-refractivity contribution in [1.29, 1.82) is 0 Å². The number of amides is 1. The summed E-state index contributed by atoms with van der Waals surface area (Å²) in [4.78, 5) is 13.0. The molecule has 0 radical (unpaired) electrons. The second kappa shape index (κ2) is 8.43. The van der Waals surface area contributed by atoms with Crippen LogP contribution in [-0.4, -0.2) is 11.9 Å². The van der Waals surface area contributed by atoms with Crippen LogP contribution in [-0.2, 0) is 6.61 Å². The van der Waals surface area contributed by atoms with Crippen LogP contribution in [0.25, 0.3) is 0 Å². The average Bonchev–Trinajstić information content (AvgIpc) is 2.92. The molecule has 3 nitrogen and oxygen atoms in total. The van der Waals surface area contributed by atoms with Crippen molar-refractivity contribution in [2.75, 3.05) is 0 Å². The third-order valence-corrected chi connectivity index (χ3v) is 5.33. The van der Waals surface area contributed by atoms with Gasteiger partial charge in [0.25, 0.3) is 5.91 Å². The summed E-state index contributed by atoms with van der Waals surface area (Å²) in [6, 6.07) is 5.21. The molecule has 0 spiro atoms. The maximum atomic E-state index is 13.6. The quantitative estimate of drug-likeness (QED) is 0.752. The molecule has 1 aromatic carbocycles. The number of thiophene rings is 1. The Hall–Kier alpha value is -1.95. The highest BCUT2D eigenvalue weighted by Crippen LogP contribution is 2.22. The first-order valence-corrected chi connectivity index (χ1v) is 9.46. The average molecular weight is 365 g/mol. The van der Waals surface area contributed by atoms with Crippen LogP contribution in [0.2, 0.25) is 0 Å². The van der Waals surface area contributed by atoms with Crippen molar-refractivity contribution in [2.45, 2.75) is 51.2 Å². The lowest BCUT2D eigenvalue weighted by Crippen LogP contribution is -2.33. The van der Waals surface area contributed by atoms with Gasteiger partial charge < -0.3 is 10.1 Å². The Balaban J connectivity index is 1.55. The van der Waals surface area contributed by atoms with E-state index in [2.05, 4.69) is 5.32 Å². The maximum absolute atomic E-state index is 13.6. The lowest BCUT2D eigenvalue weighted by molar-refractivity contribution is 0.0937. The molecule has 1 aromatic heterocycles. The molecule has 1 saturated carbocycles. The van der Waals surface area contributed by atoms with E-state index in [1.807, 2.05) is 5.38 Å². The van der Waals surface area contributed by atoms with E-state index < -0.39 is 11.6 Å². The summed E-state index contributed by atoms with van der Waals surface area (Å²) in [5.41, 5.74) is 0.791. The lowest BCUT2D eigenvalue weighted by atomic mass is 10.1. The lowest BCUT2D eigenvalue weighted by Gasteiger charge is -2.15. The molecule has 134 valence electrons. The second-order valence-corrected chi connectivity index (χ2v) is 7.26. The fourth-order valence-electron chi connectivity index (χ4n) is 3.00. The molecule has 0 atom stereocenters. The van der Waals surface area contributed by atoms with Crippen LogP contribution in [0.5, 0.6) is 5.75 Å². The van der Waals surface area contributed by atoms with E-state index in [0.717, 1.165) is 43.4 Å². The summed E-state index contributed by atoms with van der Waals surface area (Å²) >= 11 is 1.35. The Kier molecular flexibility index (Phi) is 6.02. The summed E-state index contributed by atoms with van der Waals surface area (Å²) < 4.78 is 31.8. The third kappa shape index (κ3) is 5.01. The molecule has 1 aliphatic carbocycles. The zero-order valence-corrected chi connectivity index (χ0v) is 14.7. The SMILES string of the molecule is O=C(NC1CCCCCC1)c1cc(COc2ccc(F)cc2F)cs1. The predicted octanol–water partition coefficient (Wildman–Crippen LogP) is 5.06. The molecule has 1 fully saturated rings.